The van der Waals surface area contributed by atoms with E-state index < -0.39 is 5.03 Å². The van der Waals surface area contributed by atoms with Crippen LogP contribution in [0.3, 0.4) is 0 Å². The van der Waals surface area contributed by atoms with Gasteiger partial charge in [-0.1, -0.05) is 6.42 Å². The van der Waals surface area contributed by atoms with Crippen molar-refractivity contribution in [3.05, 3.63) is 10.1 Å². The van der Waals surface area contributed by atoms with Crippen LogP contribution in [0.15, 0.2) is 5.10 Å². The Kier molecular flexibility index (Phi) is 2.36. The zero-order valence-electron chi connectivity index (χ0n) is 5.75. The van der Waals surface area contributed by atoms with Crippen LogP contribution in [0.1, 0.15) is 32.1 Å². The molecule has 0 aromatic carbocycles. The lowest BCUT2D eigenvalue weighted by Gasteiger charge is -2.07. The molecule has 0 aromatic heterocycles. The van der Waals surface area contributed by atoms with Crippen molar-refractivity contribution >= 4 is 5.71 Å². The van der Waals surface area contributed by atoms with Gasteiger partial charge in [0.2, 0.25) is 0 Å². The van der Waals surface area contributed by atoms with Crippen LogP contribution in [0.25, 0.3) is 0 Å². The van der Waals surface area contributed by atoms with Gasteiger partial charge < -0.3 is 0 Å². The highest BCUT2D eigenvalue weighted by Gasteiger charge is 2.09. The van der Waals surface area contributed by atoms with Crippen molar-refractivity contribution in [3.63, 3.8) is 0 Å². The predicted molar refractivity (Wildman–Crippen MR) is 37.5 cm³/mol. The third-order valence-electron chi connectivity index (χ3n) is 1.65. The first-order valence-electron chi connectivity index (χ1n) is 3.50. The molecule has 1 aliphatic carbocycles. The molecule has 4 nitrogen and oxygen atoms in total. The largest absolute Gasteiger partial charge is 0.233 e. The molecule has 0 spiro atoms. The van der Waals surface area contributed by atoms with Crippen LogP contribution in [-0.2, 0) is 0 Å². The van der Waals surface area contributed by atoms with Gasteiger partial charge in [0.05, 0.1) is 10.8 Å². The van der Waals surface area contributed by atoms with E-state index in [1.165, 1.54) is 6.42 Å². The molecule has 0 N–H and O–H groups in total. The van der Waals surface area contributed by atoms with Crippen molar-refractivity contribution in [1.29, 1.82) is 0 Å². The van der Waals surface area contributed by atoms with Gasteiger partial charge in [-0.15, -0.1) is 0 Å². The monoisotopic (exact) mass is 142 g/mol. The van der Waals surface area contributed by atoms with Gasteiger partial charge in [-0.05, 0) is 25.7 Å². The highest BCUT2D eigenvalue weighted by atomic mass is 16.7. The summed E-state index contributed by atoms with van der Waals surface area (Å²) in [6, 6.07) is 0. The third kappa shape index (κ3) is 2.13. The minimum atomic E-state index is -0.597. The molecule has 56 valence electrons. The first-order chi connectivity index (χ1) is 4.79. The van der Waals surface area contributed by atoms with Crippen molar-refractivity contribution in [2.75, 3.05) is 0 Å². The molecule has 10 heavy (non-hydrogen) atoms. The molecule has 0 saturated heterocycles. The molecular formula is C6H10N2O2. The summed E-state index contributed by atoms with van der Waals surface area (Å²) in [4.78, 5) is 9.89. The summed E-state index contributed by atoms with van der Waals surface area (Å²) in [5.74, 6) is 0. The lowest BCUT2D eigenvalue weighted by Crippen LogP contribution is -2.06. The van der Waals surface area contributed by atoms with Gasteiger partial charge in [-0.2, -0.15) is 0 Å². The van der Waals surface area contributed by atoms with Gasteiger partial charge in [0, 0.05) is 0 Å². The van der Waals surface area contributed by atoms with Crippen molar-refractivity contribution in [2.45, 2.75) is 32.1 Å². The molecule has 0 aliphatic heterocycles. The smallest absolute Gasteiger partial charge is 0.190 e. The number of rotatable bonds is 1. The molecule has 0 unspecified atom stereocenters. The van der Waals surface area contributed by atoms with Gasteiger partial charge in [-0.3, -0.25) is 0 Å². The molecule has 0 aromatic rings. The summed E-state index contributed by atoms with van der Waals surface area (Å²) >= 11 is 0. The zero-order chi connectivity index (χ0) is 7.40. The standard InChI is InChI=1S/C6H10N2O2/c9-8(10)7-6-4-2-1-3-5-6/h1-5H2. The fourth-order valence-electron chi connectivity index (χ4n) is 1.18. The van der Waals surface area contributed by atoms with Crippen LogP contribution < -0.4 is 0 Å². The highest BCUT2D eigenvalue weighted by Crippen LogP contribution is 2.14. The summed E-state index contributed by atoms with van der Waals surface area (Å²) in [6.45, 7) is 0. The number of nitro groups is 1. The molecule has 0 amide bonds. The van der Waals surface area contributed by atoms with E-state index in [1.54, 1.807) is 0 Å². The lowest BCUT2D eigenvalue weighted by molar-refractivity contribution is -0.485. The quantitative estimate of drug-likeness (QED) is 0.412. The Morgan fingerprint density at radius 2 is 1.90 bits per heavy atom. The number of nitrogens with zero attached hydrogens (tertiary/aromatic N) is 2. The number of hydrazone groups is 1. The van der Waals surface area contributed by atoms with Crippen LogP contribution >= 0.6 is 0 Å². The summed E-state index contributed by atoms with van der Waals surface area (Å²) in [5.41, 5.74) is 0.760. The van der Waals surface area contributed by atoms with E-state index in [2.05, 4.69) is 5.10 Å². The fraction of sp³-hybridized carbons (Fsp3) is 0.833. The second-order valence-corrected chi connectivity index (χ2v) is 2.46. The molecule has 1 saturated carbocycles. The van der Waals surface area contributed by atoms with E-state index in [9.17, 15) is 10.1 Å². The van der Waals surface area contributed by atoms with E-state index in [4.69, 9.17) is 0 Å². The SMILES string of the molecule is O=[N+]([O-])N=C1CCCCC1. The molecule has 0 radical (unpaired) electrons. The third-order valence-corrected chi connectivity index (χ3v) is 1.65. The maximum Gasteiger partial charge on any atom is 0.190 e. The van der Waals surface area contributed by atoms with Gasteiger partial charge in [0.1, 0.15) is 0 Å². The molecule has 1 aliphatic rings. The van der Waals surface area contributed by atoms with Crippen LogP contribution in [0.5, 0.6) is 0 Å². The van der Waals surface area contributed by atoms with Crippen LogP contribution in [0.4, 0.5) is 0 Å². The molecule has 1 rings (SSSR count). The van der Waals surface area contributed by atoms with Crippen molar-refractivity contribution < 1.29 is 5.03 Å². The molecule has 0 heterocycles. The molecule has 1 fully saturated rings. The maximum absolute atomic E-state index is 9.89. The van der Waals surface area contributed by atoms with Crippen molar-refractivity contribution in [1.82, 2.24) is 0 Å². The van der Waals surface area contributed by atoms with E-state index in [0.717, 1.165) is 31.4 Å². The van der Waals surface area contributed by atoms with E-state index in [0.29, 0.717) is 0 Å². The van der Waals surface area contributed by atoms with Crippen LogP contribution in [-0.4, -0.2) is 10.7 Å². The minimum Gasteiger partial charge on any atom is -0.233 e. The van der Waals surface area contributed by atoms with E-state index in [1.807, 2.05) is 0 Å². The van der Waals surface area contributed by atoms with E-state index >= 15 is 0 Å². The Balaban J connectivity index is 2.45. The summed E-state index contributed by atoms with van der Waals surface area (Å²) in [6.07, 6.45) is 4.96. The minimum absolute atomic E-state index is 0.597. The number of hydrogen-bond acceptors (Lipinski definition) is 2. The summed E-state index contributed by atoms with van der Waals surface area (Å²) in [7, 11) is 0. The molecule has 0 atom stereocenters. The Labute approximate surface area is 59.1 Å². The van der Waals surface area contributed by atoms with Crippen LogP contribution in [0.2, 0.25) is 0 Å². The lowest BCUT2D eigenvalue weighted by atomic mass is 9.99. The van der Waals surface area contributed by atoms with Crippen molar-refractivity contribution in [2.24, 2.45) is 5.10 Å². The first kappa shape index (κ1) is 7.18. The van der Waals surface area contributed by atoms with Gasteiger partial charge in [0.15, 0.2) is 5.03 Å². The Morgan fingerprint density at radius 3 is 2.40 bits per heavy atom. The topological polar surface area (TPSA) is 55.5 Å². The first-order valence-corrected chi connectivity index (χ1v) is 3.50. The van der Waals surface area contributed by atoms with E-state index in [-0.39, 0.29) is 0 Å². The zero-order valence-corrected chi connectivity index (χ0v) is 5.75. The fourth-order valence-corrected chi connectivity index (χ4v) is 1.18. The Hall–Kier alpha value is -0.930. The molecular weight excluding hydrogens is 132 g/mol. The Bertz CT molecular complexity index is 157. The second-order valence-electron chi connectivity index (χ2n) is 2.46. The predicted octanol–water partition coefficient (Wildman–Crippen LogP) is 1.58. The summed E-state index contributed by atoms with van der Waals surface area (Å²) < 4.78 is 0. The average molecular weight is 142 g/mol. The number of hydrogen-bond donors (Lipinski definition) is 0. The average Bonchev–Trinajstić information content (AvgIpc) is 1.88. The molecule has 0 bridgehead atoms. The summed E-state index contributed by atoms with van der Waals surface area (Å²) in [5, 5.41) is 12.6. The van der Waals surface area contributed by atoms with Crippen molar-refractivity contribution in [3.8, 4) is 0 Å². The van der Waals surface area contributed by atoms with Gasteiger partial charge >= 0.3 is 0 Å². The van der Waals surface area contributed by atoms with Gasteiger partial charge in [0.25, 0.3) is 0 Å². The highest BCUT2D eigenvalue weighted by molar-refractivity contribution is 5.84. The van der Waals surface area contributed by atoms with Crippen LogP contribution in [0, 0.1) is 10.1 Å². The second kappa shape index (κ2) is 3.29. The molecule has 4 heteroatoms. The Morgan fingerprint density at radius 1 is 1.30 bits per heavy atom. The maximum atomic E-state index is 9.89. The van der Waals surface area contributed by atoms with Gasteiger partial charge in [-0.25, -0.2) is 10.1 Å². The normalized spacial score (nSPS) is 18.6.